The molecule has 1 unspecified atom stereocenters. The molecule has 0 bridgehead atoms. The minimum absolute atomic E-state index is 0.226. The highest BCUT2D eigenvalue weighted by Crippen LogP contribution is 2.47. The number of carbonyl (C=O) groups is 1. The van der Waals surface area contributed by atoms with Gasteiger partial charge in [0.2, 0.25) is 5.54 Å². The summed E-state index contributed by atoms with van der Waals surface area (Å²) >= 11 is 0. The van der Waals surface area contributed by atoms with Crippen molar-refractivity contribution in [2.24, 2.45) is 10.9 Å². The Balaban J connectivity index is 2.34. The molecule has 1 aliphatic carbocycles. The molecule has 0 spiro atoms. The Morgan fingerprint density at radius 3 is 2.57 bits per heavy atom. The van der Waals surface area contributed by atoms with Crippen LogP contribution in [0.3, 0.4) is 0 Å². The summed E-state index contributed by atoms with van der Waals surface area (Å²) in [5.41, 5.74) is -4.95. The van der Waals surface area contributed by atoms with E-state index >= 15 is 0 Å². The predicted octanol–water partition coefficient (Wildman–Crippen LogP) is 3.16. The highest BCUT2D eigenvalue weighted by Gasteiger charge is 2.59. The summed E-state index contributed by atoms with van der Waals surface area (Å²) in [5, 5.41) is 2.06. The smallest absolute Gasteiger partial charge is 0.321 e. The number of hydrogen-bond donors (Lipinski definition) is 1. The molecule has 1 amide bonds. The Morgan fingerprint density at radius 2 is 1.96 bits per heavy atom. The monoisotopic (exact) mass is 328 g/mol. The van der Waals surface area contributed by atoms with Crippen LogP contribution in [0.15, 0.2) is 17.1 Å². The van der Waals surface area contributed by atoms with Crippen LogP contribution in [0.4, 0.5) is 27.6 Å². The Bertz CT molecular complexity index is 771. The van der Waals surface area contributed by atoms with Crippen molar-refractivity contribution in [2.75, 3.05) is 5.32 Å². The molecular formula is C15H9F5N2O. The largest absolute Gasteiger partial charge is 0.429 e. The number of fused-ring (bicyclic) bond motifs is 1. The maximum Gasteiger partial charge on any atom is 0.429 e. The summed E-state index contributed by atoms with van der Waals surface area (Å²) < 4.78 is 68.9. The number of aliphatic imine (C=N–C) groups is 1. The van der Waals surface area contributed by atoms with Gasteiger partial charge in [0.1, 0.15) is 0 Å². The van der Waals surface area contributed by atoms with Crippen molar-refractivity contribution in [3.05, 3.63) is 29.3 Å². The highest BCUT2D eigenvalue weighted by molar-refractivity contribution is 6.32. The lowest BCUT2D eigenvalue weighted by atomic mass is 9.88. The molecule has 0 aromatic heterocycles. The number of rotatable bonds is 0. The van der Waals surface area contributed by atoms with Gasteiger partial charge in [-0.25, -0.2) is 8.78 Å². The first-order valence-corrected chi connectivity index (χ1v) is 6.69. The fourth-order valence-corrected chi connectivity index (χ4v) is 2.21. The average Bonchev–Trinajstić information content (AvgIpc) is 3.27. The summed E-state index contributed by atoms with van der Waals surface area (Å²) in [4.78, 5) is 14.7. The first-order valence-electron chi connectivity index (χ1n) is 6.69. The number of alkyl halides is 3. The molecule has 3 rings (SSSR count). The quantitative estimate of drug-likeness (QED) is 0.577. The lowest BCUT2D eigenvalue weighted by Gasteiger charge is -2.28. The number of anilines is 1. The molecule has 1 aromatic carbocycles. The minimum atomic E-state index is -5.14. The Kier molecular flexibility index (Phi) is 3.39. The third-order valence-corrected chi connectivity index (χ3v) is 3.53. The van der Waals surface area contributed by atoms with Crippen LogP contribution >= 0.6 is 0 Å². The second-order valence-electron chi connectivity index (χ2n) is 5.28. The fraction of sp³-hybridized carbons (Fsp3) is 0.333. The zero-order valence-corrected chi connectivity index (χ0v) is 11.5. The SMILES string of the molecule is O=C1C=NC(C#CC2CC2)(C(F)(F)F)c2c(ccc(F)c2F)N1. The highest BCUT2D eigenvalue weighted by atomic mass is 19.4. The first-order chi connectivity index (χ1) is 10.7. The molecule has 1 heterocycles. The minimum Gasteiger partial charge on any atom is -0.321 e. The molecule has 0 radical (unpaired) electrons. The van der Waals surface area contributed by atoms with Gasteiger partial charge in [0, 0.05) is 5.92 Å². The third-order valence-electron chi connectivity index (χ3n) is 3.53. The van der Waals surface area contributed by atoms with E-state index in [-0.39, 0.29) is 5.92 Å². The first kappa shape index (κ1) is 15.5. The molecule has 1 aliphatic heterocycles. The van der Waals surface area contributed by atoms with Gasteiger partial charge in [0.15, 0.2) is 11.6 Å². The molecule has 1 atom stereocenters. The number of nitrogens with one attached hydrogen (secondary N) is 1. The van der Waals surface area contributed by atoms with Crippen LogP contribution in [-0.4, -0.2) is 18.3 Å². The van der Waals surface area contributed by atoms with E-state index in [0.717, 1.165) is 6.07 Å². The van der Waals surface area contributed by atoms with Gasteiger partial charge in [0.05, 0.1) is 17.5 Å². The number of benzene rings is 1. The van der Waals surface area contributed by atoms with E-state index in [4.69, 9.17) is 0 Å². The molecule has 2 aliphatic rings. The maximum absolute atomic E-state index is 14.2. The van der Waals surface area contributed by atoms with Gasteiger partial charge >= 0.3 is 6.18 Å². The molecule has 1 saturated carbocycles. The molecule has 1 aromatic rings. The van der Waals surface area contributed by atoms with Crippen molar-refractivity contribution in [3.8, 4) is 11.8 Å². The van der Waals surface area contributed by atoms with Gasteiger partial charge in [-0.15, -0.1) is 0 Å². The summed E-state index contributed by atoms with van der Waals surface area (Å²) in [6, 6.07) is 1.49. The van der Waals surface area contributed by atoms with E-state index in [2.05, 4.69) is 16.2 Å². The molecular weight excluding hydrogens is 319 g/mol. The van der Waals surface area contributed by atoms with E-state index in [1.54, 1.807) is 0 Å². The van der Waals surface area contributed by atoms with Gasteiger partial charge in [0.25, 0.3) is 5.91 Å². The molecule has 3 nitrogen and oxygen atoms in total. The van der Waals surface area contributed by atoms with Gasteiger partial charge < -0.3 is 5.32 Å². The van der Waals surface area contributed by atoms with E-state index in [0.29, 0.717) is 25.1 Å². The Labute approximate surface area is 127 Å². The molecule has 23 heavy (non-hydrogen) atoms. The summed E-state index contributed by atoms with van der Waals surface area (Å²) in [6.07, 6.45) is -3.46. The molecule has 8 heteroatoms. The summed E-state index contributed by atoms with van der Waals surface area (Å²) in [7, 11) is 0. The Hall–Kier alpha value is -2.43. The lowest BCUT2D eigenvalue weighted by Crippen LogP contribution is -2.40. The van der Waals surface area contributed by atoms with E-state index in [1.165, 1.54) is 0 Å². The van der Waals surface area contributed by atoms with E-state index < -0.39 is 40.5 Å². The van der Waals surface area contributed by atoms with Gasteiger partial charge in [-0.3, -0.25) is 9.79 Å². The van der Waals surface area contributed by atoms with Gasteiger partial charge in [-0.05, 0) is 25.0 Å². The van der Waals surface area contributed by atoms with Crippen LogP contribution in [0.5, 0.6) is 0 Å². The standard InChI is InChI=1S/C15H9F5N2O/c16-9-3-4-10-12(13(9)17)14(15(18,19)20,6-5-8-1-2-8)21-7-11(23)22-10/h3-4,7-8H,1-2H2,(H,22,23). The Morgan fingerprint density at radius 1 is 1.26 bits per heavy atom. The van der Waals surface area contributed by atoms with Crippen LogP contribution in [-0.2, 0) is 10.3 Å². The van der Waals surface area contributed by atoms with Crippen molar-refractivity contribution >= 4 is 17.8 Å². The number of nitrogens with zero attached hydrogens (tertiary/aromatic N) is 1. The molecule has 1 fully saturated rings. The van der Waals surface area contributed by atoms with Crippen molar-refractivity contribution in [1.82, 2.24) is 0 Å². The fourth-order valence-electron chi connectivity index (χ4n) is 2.21. The normalized spacial score (nSPS) is 23.4. The number of hydrogen-bond acceptors (Lipinski definition) is 2. The van der Waals surface area contributed by atoms with Crippen LogP contribution < -0.4 is 5.32 Å². The second kappa shape index (κ2) is 5.05. The molecule has 120 valence electrons. The van der Waals surface area contributed by atoms with Crippen molar-refractivity contribution in [2.45, 2.75) is 24.6 Å². The summed E-state index contributed by atoms with van der Waals surface area (Å²) in [5.74, 6) is -0.0662. The number of halogens is 5. The van der Waals surface area contributed by atoms with Crippen LogP contribution in [0.1, 0.15) is 18.4 Å². The summed E-state index contributed by atoms with van der Waals surface area (Å²) in [6.45, 7) is 0. The number of amides is 1. The van der Waals surface area contributed by atoms with E-state index in [9.17, 15) is 26.7 Å². The van der Waals surface area contributed by atoms with Crippen LogP contribution in [0.2, 0.25) is 0 Å². The number of carbonyl (C=O) groups excluding carboxylic acids is 1. The van der Waals surface area contributed by atoms with Crippen molar-refractivity contribution in [1.29, 1.82) is 0 Å². The van der Waals surface area contributed by atoms with Gasteiger partial charge in [-0.1, -0.05) is 11.8 Å². The second-order valence-corrected chi connectivity index (χ2v) is 5.28. The maximum atomic E-state index is 14.2. The topological polar surface area (TPSA) is 41.5 Å². The zero-order valence-electron chi connectivity index (χ0n) is 11.5. The van der Waals surface area contributed by atoms with E-state index in [1.807, 2.05) is 5.92 Å². The predicted molar refractivity (Wildman–Crippen MR) is 71.7 cm³/mol. The molecule has 0 saturated heterocycles. The van der Waals surface area contributed by atoms with Crippen molar-refractivity contribution in [3.63, 3.8) is 0 Å². The molecule has 1 N–H and O–H groups in total. The zero-order chi connectivity index (χ0) is 16.8. The van der Waals surface area contributed by atoms with Crippen LogP contribution in [0, 0.1) is 29.4 Å². The third kappa shape index (κ3) is 2.56. The van der Waals surface area contributed by atoms with Gasteiger partial charge in [-0.2, -0.15) is 13.2 Å². The average molecular weight is 328 g/mol. The lowest BCUT2D eigenvalue weighted by molar-refractivity contribution is -0.171. The van der Waals surface area contributed by atoms with Crippen LogP contribution in [0.25, 0.3) is 0 Å². The van der Waals surface area contributed by atoms with Crippen molar-refractivity contribution < 1.29 is 26.7 Å².